The number of aromatic nitrogens is 1. The molecule has 0 saturated heterocycles. The molecule has 3 heteroatoms. The molecule has 0 aromatic carbocycles. The number of hydrogen-bond donors (Lipinski definition) is 1. The lowest BCUT2D eigenvalue weighted by atomic mass is 9.87. The maximum Gasteiger partial charge on any atom is 0.115 e. The maximum absolute atomic E-state index is 5.64. The van der Waals surface area contributed by atoms with E-state index in [2.05, 4.69) is 11.1 Å². The zero-order valence-electron chi connectivity index (χ0n) is 6.16. The fourth-order valence-electron chi connectivity index (χ4n) is 1.21. The first kappa shape index (κ1) is 7.00. The largest absolute Gasteiger partial charge is 0.327 e. The molecule has 2 rings (SSSR count). The van der Waals surface area contributed by atoms with Crippen LogP contribution in [0.25, 0.3) is 6.08 Å². The van der Waals surface area contributed by atoms with E-state index in [1.165, 1.54) is 5.57 Å². The van der Waals surface area contributed by atoms with E-state index in [0.29, 0.717) is 6.04 Å². The van der Waals surface area contributed by atoms with Gasteiger partial charge >= 0.3 is 0 Å². The quantitative estimate of drug-likeness (QED) is 0.689. The highest BCUT2D eigenvalue weighted by atomic mass is 32.1. The van der Waals surface area contributed by atoms with Crippen molar-refractivity contribution < 1.29 is 0 Å². The van der Waals surface area contributed by atoms with E-state index >= 15 is 0 Å². The van der Waals surface area contributed by atoms with Crippen LogP contribution in [0.3, 0.4) is 0 Å². The molecule has 1 saturated carbocycles. The summed E-state index contributed by atoms with van der Waals surface area (Å²) in [5.74, 6) is 0. The molecule has 2 nitrogen and oxygen atoms in total. The van der Waals surface area contributed by atoms with Crippen LogP contribution < -0.4 is 5.73 Å². The van der Waals surface area contributed by atoms with Crippen molar-refractivity contribution in [2.45, 2.75) is 18.9 Å². The molecule has 0 radical (unpaired) electrons. The lowest BCUT2D eigenvalue weighted by Crippen LogP contribution is -2.29. The van der Waals surface area contributed by atoms with Crippen molar-refractivity contribution in [2.24, 2.45) is 5.73 Å². The zero-order valence-corrected chi connectivity index (χ0v) is 6.97. The molecule has 0 atom stereocenters. The van der Waals surface area contributed by atoms with E-state index in [9.17, 15) is 0 Å². The van der Waals surface area contributed by atoms with E-state index in [1.807, 2.05) is 11.6 Å². The second-order valence-corrected chi connectivity index (χ2v) is 3.77. The van der Waals surface area contributed by atoms with Gasteiger partial charge in [-0.2, -0.15) is 0 Å². The fraction of sp³-hybridized carbons (Fsp3) is 0.375. The maximum atomic E-state index is 5.64. The van der Waals surface area contributed by atoms with Crippen LogP contribution in [0, 0.1) is 0 Å². The predicted molar refractivity (Wildman–Crippen MR) is 47.3 cm³/mol. The van der Waals surface area contributed by atoms with Gasteiger partial charge in [-0.15, -0.1) is 11.3 Å². The summed E-state index contributed by atoms with van der Waals surface area (Å²) in [6.07, 6.45) is 6.09. The molecule has 1 heterocycles. The van der Waals surface area contributed by atoms with E-state index in [1.54, 1.807) is 11.3 Å². The van der Waals surface area contributed by atoms with Crippen LogP contribution in [-0.4, -0.2) is 11.0 Å². The number of nitrogens with two attached hydrogens (primary N) is 1. The Morgan fingerprint density at radius 1 is 1.64 bits per heavy atom. The van der Waals surface area contributed by atoms with Gasteiger partial charge < -0.3 is 5.73 Å². The molecule has 58 valence electrons. The minimum absolute atomic E-state index is 0.404. The number of rotatable bonds is 1. The van der Waals surface area contributed by atoms with E-state index < -0.39 is 0 Å². The summed E-state index contributed by atoms with van der Waals surface area (Å²) in [5, 5.41) is 3.09. The van der Waals surface area contributed by atoms with Crippen molar-refractivity contribution in [3.63, 3.8) is 0 Å². The number of thiazole rings is 1. The molecule has 1 aromatic heterocycles. The first-order valence-corrected chi connectivity index (χ1v) is 4.57. The standard InChI is InChI=1S/C8H10N2S/c9-7-3-6(4-7)5-8-10-1-2-11-8/h1-2,5,7H,3-4,9H2. The Morgan fingerprint density at radius 2 is 2.45 bits per heavy atom. The lowest BCUT2D eigenvalue weighted by molar-refractivity contribution is 0.547. The second-order valence-electron chi connectivity index (χ2n) is 2.84. The third-order valence-electron chi connectivity index (χ3n) is 1.83. The third kappa shape index (κ3) is 1.49. The van der Waals surface area contributed by atoms with Gasteiger partial charge in [0.1, 0.15) is 5.01 Å². The van der Waals surface area contributed by atoms with E-state index in [-0.39, 0.29) is 0 Å². The molecule has 1 fully saturated rings. The molecule has 1 aliphatic carbocycles. The van der Waals surface area contributed by atoms with Crippen LogP contribution in [0.2, 0.25) is 0 Å². The van der Waals surface area contributed by atoms with Crippen molar-refractivity contribution in [1.29, 1.82) is 0 Å². The highest BCUT2D eigenvalue weighted by molar-refractivity contribution is 7.10. The van der Waals surface area contributed by atoms with Crippen LogP contribution in [0.5, 0.6) is 0 Å². The lowest BCUT2D eigenvalue weighted by Gasteiger charge is -2.24. The van der Waals surface area contributed by atoms with Gasteiger partial charge in [0.05, 0.1) is 0 Å². The van der Waals surface area contributed by atoms with Crippen molar-refractivity contribution in [2.75, 3.05) is 0 Å². The number of nitrogens with zero attached hydrogens (tertiary/aromatic N) is 1. The average molecular weight is 166 g/mol. The highest BCUT2D eigenvalue weighted by Gasteiger charge is 2.18. The van der Waals surface area contributed by atoms with Gasteiger partial charge in [0.15, 0.2) is 0 Å². The van der Waals surface area contributed by atoms with Crippen LogP contribution in [0.1, 0.15) is 17.8 Å². The van der Waals surface area contributed by atoms with Crippen LogP contribution in [-0.2, 0) is 0 Å². The predicted octanol–water partition coefficient (Wildman–Crippen LogP) is 1.65. The van der Waals surface area contributed by atoms with Crippen molar-refractivity contribution in [3.8, 4) is 0 Å². The van der Waals surface area contributed by atoms with E-state index in [0.717, 1.165) is 17.8 Å². The molecule has 0 spiro atoms. The topological polar surface area (TPSA) is 38.9 Å². The molecular weight excluding hydrogens is 156 g/mol. The summed E-state index contributed by atoms with van der Waals surface area (Å²) in [7, 11) is 0. The first-order valence-electron chi connectivity index (χ1n) is 3.69. The molecule has 2 N–H and O–H groups in total. The van der Waals surface area contributed by atoms with Crippen molar-refractivity contribution in [3.05, 3.63) is 22.2 Å². The van der Waals surface area contributed by atoms with E-state index in [4.69, 9.17) is 5.73 Å². The monoisotopic (exact) mass is 166 g/mol. The second kappa shape index (κ2) is 2.75. The Labute approximate surface area is 69.8 Å². The molecule has 0 unspecified atom stereocenters. The molecule has 0 aliphatic heterocycles. The first-order chi connectivity index (χ1) is 5.34. The third-order valence-corrected chi connectivity index (χ3v) is 2.55. The molecule has 1 aliphatic rings. The van der Waals surface area contributed by atoms with Gasteiger partial charge in [-0.25, -0.2) is 4.98 Å². The zero-order chi connectivity index (χ0) is 7.68. The van der Waals surface area contributed by atoms with Crippen LogP contribution >= 0.6 is 11.3 Å². The molecule has 0 bridgehead atoms. The van der Waals surface area contributed by atoms with Gasteiger partial charge in [-0.3, -0.25) is 0 Å². The molecular formula is C8H10N2S. The average Bonchev–Trinajstić information content (AvgIpc) is 2.36. The van der Waals surface area contributed by atoms with Crippen LogP contribution in [0.15, 0.2) is 17.2 Å². The summed E-state index contributed by atoms with van der Waals surface area (Å²) >= 11 is 1.67. The van der Waals surface area contributed by atoms with Gasteiger partial charge in [0, 0.05) is 17.6 Å². The molecule has 0 amide bonds. The van der Waals surface area contributed by atoms with Crippen molar-refractivity contribution in [1.82, 2.24) is 4.98 Å². The SMILES string of the molecule is NC1CC(=Cc2nccs2)C1. The summed E-state index contributed by atoms with van der Waals surface area (Å²) in [6.45, 7) is 0. The normalized spacial score (nSPS) is 23.0. The highest BCUT2D eigenvalue weighted by Crippen LogP contribution is 2.27. The Balaban J connectivity index is 2.06. The number of hydrogen-bond acceptors (Lipinski definition) is 3. The minimum atomic E-state index is 0.404. The molecule has 1 aromatic rings. The summed E-state index contributed by atoms with van der Waals surface area (Å²) in [6, 6.07) is 0.404. The van der Waals surface area contributed by atoms with Gasteiger partial charge in [-0.05, 0) is 18.9 Å². The minimum Gasteiger partial charge on any atom is -0.327 e. The van der Waals surface area contributed by atoms with Gasteiger partial charge in [0.2, 0.25) is 0 Å². The van der Waals surface area contributed by atoms with Gasteiger partial charge in [0.25, 0.3) is 0 Å². The Kier molecular flexibility index (Phi) is 1.75. The Hall–Kier alpha value is -0.670. The Bertz CT molecular complexity index is 256. The summed E-state index contributed by atoms with van der Waals surface area (Å²) in [4.78, 5) is 4.16. The molecule has 11 heavy (non-hydrogen) atoms. The van der Waals surface area contributed by atoms with Crippen molar-refractivity contribution >= 4 is 17.4 Å². The fourth-order valence-corrected chi connectivity index (χ4v) is 1.83. The van der Waals surface area contributed by atoms with Crippen LogP contribution in [0.4, 0.5) is 0 Å². The summed E-state index contributed by atoms with van der Waals surface area (Å²) in [5.41, 5.74) is 7.08. The summed E-state index contributed by atoms with van der Waals surface area (Å²) < 4.78 is 0. The Morgan fingerprint density at radius 3 is 3.00 bits per heavy atom. The van der Waals surface area contributed by atoms with Gasteiger partial charge in [-0.1, -0.05) is 5.57 Å². The smallest absolute Gasteiger partial charge is 0.115 e.